The molecule has 15 rings (SSSR count). The van der Waals surface area contributed by atoms with E-state index in [1.807, 2.05) is 11.8 Å². The molecular weight excluding hydrogens is 855 g/mol. The van der Waals surface area contributed by atoms with Crippen molar-refractivity contribution in [2.24, 2.45) is 0 Å². The molecule has 0 N–H and O–H groups in total. The van der Waals surface area contributed by atoms with Gasteiger partial charge in [0.05, 0.1) is 22.2 Å². The van der Waals surface area contributed by atoms with Gasteiger partial charge in [0.1, 0.15) is 11.5 Å². The Morgan fingerprint density at radius 3 is 1.55 bits per heavy atom. The molecule has 11 aromatic rings. The number of hydrogen-bond acceptors (Lipinski definition) is 3. The summed E-state index contributed by atoms with van der Waals surface area (Å²) in [6.45, 7) is 0. The monoisotopic (exact) mass is 895 g/mol. The van der Waals surface area contributed by atoms with Crippen molar-refractivity contribution in [2.45, 2.75) is 20.6 Å². The van der Waals surface area contributed by atoms with Crippen LogP contribution < -0.4 is 9.64 Å². The highest BCUT2D eigenvalue weighted by Crippen LogP contribution is 2.66. The van der Waals surface area contributed by atoms with Gasteiger partial charge in [-0.3, -0.25) is 0 Å². The van der Waals surface area contributed by atoms with Gasteiger partial charge in [-0.2, -0.15) is 0 Å². The molecule has 0 unspecified atom stereocenters. The third-order valence-electron chi connectivity index (χ3n) is 15.4. The SMILES string of the molecule is c1ccc(-c2ccccc2N(c2ccc3c(c2)-c2cc4ccccc4cc2C32c3ccccc3Sc3ccccc32)c2cccc3c2-c2ccccc2C32c3ccccc3Oc3ccccc32)cc1. The van der Waals surface area contributed by atoms with E-state index in [0.717, 1.165) is 45.3 Å². The van der Waals surface area contributed by atoms with E-state index in [-0.39, 0.29) is 0 Å². The largest absolute Gasteiger partial charge is 0.457 e. The van der Waals surface area contributed by atoms with Crippen molar-refractivity contribution in [1.29, 1.82) is 0 Å². The molecule has 11 aromatic carbocycles. The van der Waals surface area contributed by atoms with E-state index >= 15 is 0 Å². The minimum atomic E-state index is -0.609. The van der Waals surface area contributed by atoms with Crippen LogP contribution in [0, 0.1) is 0 Å². The number of ether oxygens (including phenoxy) is 1. The molecule has 69 heavy (non-hydrogen) atoms. The highest BCUT2D eigenvalue weighted by atomic mass is 32.2. The Bertz CT molecular complexity index is 3850. The van der Waals surface area contributed by atoms with Gasteiger partial charge in [-0.25, -0.2) is 0 Å². The zero-order valence-electron chi connectivity index (χ0n) is 37.4. The maximum atomic E-state index is 6.75. The molecule has 322 valence electrons. The molecule has 0 saturated heterocycles. The molecule has 0 atom stereocenters. The first-order chi connectivity index (χ1) is 34.2. The molecule has 0 fully saturated rings. The Morgan fingerprint density at radius 1 is 0.319 bits per heavy atom. The fourth-order valence-corrected chi connectivity index (χ4v) is 13.9. The van der Waals surface area contributed by atoms with E-state index in [2.05, 4.69) is 254 Å². The molecule has 2 heterocycles. The summed E-state index contributed by atoms with van der Waals surface area (Å²) < 4.78 is 6.75. The van der Waals surface area contributed by atoms with Crippen LogP contribution in [0.2, 0.25) is 0 Å². The first-order valence-corrected chi connectivity index (χ1v) is 24.6. The van der Waals surface area contributed by atoms with Crippen LogP contribution in [0.5, 0.6) is 11.5 Å². The van der Waals surface area contributed by atoms with Gasteiger partial charge in [0.15, 0.2) is 0 Å². The summed E-state index contributed by atoms with van der Waals surface area (Å²) in [4.78, 5) is 5.15. The van der Waals surface area contributed by atoms with Gasteiger partial charge in [-0.05, 0) is 127 Å². The molecule has 0 radical (unpaired) electrons. The lowest BCUT2D eigenvalue weighted by Gasteiger charge is -2.40. The Morgan fingerprint density at radius 2 is 0.826 bits per heavy atom. The third-order valence-corrected chi connectivity index (χ3v) is 16.5. The van der Waals surface area contributed by atoms with Gasteiger partial charge in [0.25, 0.3) is 0 Å². The summed E-state index contributed by atoms with van der Waals surface area (Å²) in [5.41, 5.74) is 19.6. The second-order valence-electron chi connectivity index (χ2n) is 18.6. The standard InChI is InChI=1S/C66H41NOS/c1-2-19-42(20-3-1)46-23-7-13-31-58(46)67(59-32-18-30-56-64(59)47-24-6-8-25-50(47)65(56)52-26-9-14-33-60(52)68-61-34-15-10-27-53(61)65)45-37-38-51-49(41-45)48-39-43-21-4-5-22-44(43)40-57(48)66(51)54-28-11-16-35-62(54)69-63-36-17-12-29-55(63)66/h1-41H. The molecule has 2 aliphatic heterocycles. The quantitative estimate of drug-likeness (QED) is 0.175. The average Bonchev–Trinajstić information content (AvgIpc) is 3.86. The van der Waals surface area contributed by atoms with Crippen LogP contribution in [0.15, 0.2) is 259 Å². The summed E-state index contributed by atoms with van der Waals surface area (Å²) >= 11 is 1.89. The Balaban J connectivity index is 1.05. The molecule has 3 heteroatoms. The Hall–Kier alpha value is -8.37. The Labute approximate surface area is 405 Å². The van der Waals surface area contributed by atoms with Crippen LogP contribution in [-0.2, 0) is 10.8 Å². The highest BCUT2D eigenvalue weighted by Gasteiger charge is 2.53. The van der Waals surface area contributed by atoms with Crippen molar-refractivity contribution in [1.82, 2.24) is 0 Å². The predicted molar refractivity (Wildman–Crippen MR) is 283 cm³/mol. The zero-order chi connectivity index (χ0) is 45.3. The fraction of sp³-hybridized carbons (Fsp3) is 0.0303. The van der Waals surface area contributed by atoms with Crippen LogP contribution in [-0.4, -0.2) is 0 Å². The summed E-state index contributed by atoms with van der Waals surface area (Å²) in [7, 11) is 0. The number of para-hydroxylation sites is 3. The number of anilines is 3. The molecule has 2 nitrogen and oxygen atoms in total. The predicted octanol–water partition coefficient (Wildman–Crippen LogP) is 17.3. The van der Waals surface area contributed by atoms with Crippen LogP contribution in [0.3, 0.4) is 0 Å². The van der Waals surface area contributed by atoms with Gasteiger partial charge >= 0.3 is 0 Å². The van der Waals surface area contributed by atoms with Crippen LogP contribution in [0.1, 0.15) is 44.5 Å². The van der Waals surface area contributed by atoms with Gasteiger partial charge in [0, 0.05) is 37.7 Å². The van der Waals surface area contributed by atoms with Crippen LogP contribution >= 0.6 is 11.8 Å². The summed E-state index contributed by atoms with van der Waals surface area (Å²) in [6, 6.07) is 92.5. The minimum absolute atomic E-state index is 0.512. The van der Waals surface area contributed by atoms with Crippen LogP contribution in [0.25, 0.3) is 44.2 Å². The molecule has 0 aromatic heterocycles. The molecule has 2 spiro atoms. The molecular formula is C66H41NOS. The topological polar surface area (TPSA) is 12.5 Å². The van der Waals surface area contributed by atoms with Crippen molar-refractivity contribution in [2.75, 3.05) is 4.90 Å². The molecule has 0 bridgehead atoms. The van der Waals surface area contributed by atoms with E-state index in [0.29, 0.717) is 0 Å². The molecule has 4 aliphatic rings. The first kappa shape index (κ1) is 38.7. The van der Waals surface area contributed by atoms with Gasteiger partial charge in [-0.15, -0.1) is 0 Å². The highest BCUT2D eigenvalue weighted by molar-refractivity contribution is 7.99. The summed E-state index contributed by atoms with van der Waals surface area (Å²) in [5.74, 6) is 1.78. The Kier molecular flexibility index (Phi) is 8.17. The zero-order valence-corrected chi connectivity index (χ0v) is 38.3. The molecule has 0 amide bonds. The van der Waals surface area contributed by atoms with E-state index < -0.39 is 10.8 Å². The maximum Gasteiger partial charge on any atom is 0.132 e. The second kappa shape index (κ2) is 14.6. The van der Waals surface area contributed by atoms with E-state index in [1.54, 1.807) is 0 Å². The normalized spacial score (nSPS) is 14.4. The molecule has 0 saturated carbocycles. The van der Waals surface area contributed by atoms with Gasteiger partial charge in [0.2, 0.25) is 0 Å². The van der Waals surface area contributed by atoms with E-state index in [1.165, 1.54) is 81.8 Å². The lowest BCUT2D eigenvalue weighted by atomic mass is 9.66. The number of rotatable bonds is 4. The van der Waals surface area contributed by atoms with Gasteiger partial charge < -0.3 is 9.64 Å². The lowest BCUT2D eigenvalue weighted by Crippen LogP contribution is -2.32. The van der Waals surface area contributed by atoms with Crippen molar-refractivity contribution in [3.8, 4) is 44.9 Å². The van der Waals surface area contributed by atoms with Crippen molar-refractivity contribution < 1.29 is 4.74 Å². The van der Waals surface area contributed by atoms with Crippen molar-refractivity contribution in [3.63, 3.8) is 0 Å². The second-order valence-corrected chi connectivity index (χ2v) is 19.7. The first-order valence-electron chi connectivity index (χ1n) is 23.8. The smallest absolute Gasteiger partial charge is 0.132 e. The minimum Gasteiger partial charge on any atom is -0.457 e. The maximum absolute atomic E-state index is 6.75. The summed E-state index contributed by atoms with van der Waals surface area (Å²) in [6.07, 6.45) is 0. The summed E-state index contributed by atoms with van der Waals surface area (Å²) in [5, 5.41) is 2.49. The lowest BCUT2D eigenvalue weighted by molar-refractivity contribution is 0.436. The fourth-order valence-electron chi connectivity index (χ4n) is 12.7. The molecule has 2 aliphatic carbocycles. The number of benzene rings is 11. The van der Waals surface area contributed by atoms with Crippen molar-refractivity contribution >= 4 is 39.6 Å². The van der Waals surface area contributed by atoms with Crippen LogP contribution in [0.4, 0.5) is 17.1 Å². The van der Waals surface area contributed by atoms with Crippen molar-refractivity contribution in [3.05, 3.63) is 293 Å². The van der Waals surface area contributed by atoms with E-state index in [9.17, 15) is 0 Å². The van der Waals surface area contributed by atoms with E-state index in [4.69, 9.17) is 4.74 Å². The number of fused-ring (bicyclic) bond motifs is 19. The van der Waals surface area contributed by atoms with Gasteiger partial charge in [-0.1, -0.05) is 200 Å². The average molecular weight is 896 g/mol. The third kappa shape index (κ3) is 5.17. The number of nitrogens with zero attached hydrogens (tertiary/aromatic N) is 1. The number of hydrogen-bond donors (Lipinski definition) is 0.